The molecular weight excluding hydrogens is 356 g/mol. The molecule has 1 heterocycles. The second-order valence-corrected chi connectivity index (χ2v) is 5.99. The first kappa shape index (κ1) is 19.5. The molecule has 0 saturated carbocycles. The largest absolute Gasteiger partial charge is 0.496 e. The smallest absolute Gasteiger partial charge is 0.325 e. The van der Waals surface area contributed by atoms with Crippen LogP contribution in [0.2, 0.25) is 0 Å². The van der Waals surface area contributed by atoms with Gasteiger partial charge in [-0.05, 0) is 12.1 Å². The average molecular weight is 376 g/mol. The van der Waals surface area contributed by atoms with E-state index < -0.39 is 5.97 Å². The van der Waals surface area contributed by atoms with E-state index in [1.807, 2.05) is 28.8 Å². The van der Waals surface area contributed by atoms with Gasteiger partial charge in [0, 0.05) is 6.54 Å². The Balaban J connectivity index is 2.15. The fourth-order valence-corrected chi connectivity index (χ4v) is 2.92. The van der Waals surface area contributed by atoms with Gasteiger partial charge in [-0.2, -0.15) is 0 Å². The van der Waals surface area contributed by atoms with Crippen LogP contribution >= 0.6 is 11.8 Å². The normalized spacial score (nSPS) is 10.2. The molecule has 2 rings (SSSR count). The second kappa shape index (κ2) is 9.62. The fraction of sp³-hybridized carbons (Fsp3) is 0.294. The summed E-state index contributed by atoms with van der Waals surface area (Å²) in [5.41, 5.74) is 0.798. The lowest BCUT2D eigenvalue weighted by atomic mass is 10.2. The number of hydrogen-bond donors (Lipinski definition) is 1. The second-order valence-electron chi connectivity index (χ2n) is 5.05. The first-order valence-electron chi connectivity index (χ1n) is 7.74. The Morgan fingerprint density at radius 3 is 2.77 bits per heavy atom. The number of aromatic nitrogens is 3. The minimum atomic E-state index is -0.503. The number of nitrogens with zero attached hydrogens (tertiary/aromatic N) is 3. The summed E-state index contributed by atoms with van der Waals surface area (Å²) < 4.78 is 11.7. The molecule has 0 spiro atoms. The zero-order valence-electron chi connectivity index (χ0n) is 14.6. The summed E-state index contributed by atoms with van der Waals surface area (Å²) >= 11 is 1.22. The third-order valence-corrected chi connectivity index (χ3v) is 4.33. The number of para-hydroxylation sites is 1. The van der Waals surface area contributed by atoms with Crippen LogP contribution in [0.25, 0.3) is 11.4 Å². The lowest BCUT2D eigenvalue weighted by Crippen LogP contribution is -2.31. The molecule has 138 valence electrons. The van der Waals surface area contributed by atoms with Crippen molar-refractivity contribution in [2.75, 3.05) is 26.5 Å². The molecule has 0 radical (unpaired) electrons. The SMILES string of the molecule is C=CCn1c(SCC(=O)NCC(=O)OC)nnc1-c1ccccc1OC. The number of allylic oxidation sites excluding steroid dienone is 1. The number of methoxy groups -OCH3 is 2. The number of hydrogen-bond acceptors (Lipinski definition) is 7. The quantitative estimate of drug-likeness (QED) is 0.403. The van der Waals surface area contributed by atoms with E-state index in [0.717, 1.165) is 5.56 Å². The molecule has 0 fully saturated rings. The van der Waals surface area contributed by atoms with Gasteiger partial charge in [0.15, 0.2) is 11.0 Å². The predicted octanol–water partition coefficient (Wildman–Crippen LogP) is 1.52. The molecule has 1 aromatic heterocycles. The van der Waals surface area contributed by atoms with Gasteiger partial charge in [-0.25, -0.2) is 0 Å². The van der Waals surface area contributed by atoms with Gasteiger partial charge >= 0.3 is 5.97 Å². The number of nitrogens with one attached hydrogen (secondary N) is 1. The van der Waals surface area contributed by atoms with Crippen LogP contribution in [0.5, 0.6) is 5.75 Å². The Bertz CT molecular complexity index is 791. The third-order valence-electron chi connectivity index (χ3n) is 3.37. The number of carbonyl (C=O) groups excluding carboxylic acids is 2. The molecule has 9 heteroatoms. The van der Waals surface area contributed by atoms with Crippen LogP contribution in [0.4, 0.5) is 0 Å². The van der Waals surface area contributed by atoms with Crippen molar-refractivity contribution in [2.24, 2.45) is 0 Å². The van der Waals surface area contributed by atoms with Crippen molar-refractivity contribution in [3.8, 4) is 17.1 Å². The predicted molar refractivity (Wildman–Crippen MR) is 98.0 cm³/mol. The Morgan fingerprint density at radius 1 is 1.31 bits per heavy atom. The Labute approximate surface area is 155 Å². The maximum absolute atomic E-state index is 11.8. The molecule has 0 aliphatic rings. The van der Waals surface area contributed by atoms with Crippen LogP contribution in [0.15, 0.2) is 42.1 Å². The van der Waals surface area contributed by atoms with Crippen molar-refractivity contribution in [3.63, 3.8) is 0 Å². The Hall–Kier alpha value is -2.81. The summed E-state index contributed by atoms with van der Waals surface area (Å²) in [6.45, 7) is 4.07. The highest BCUT2D eigenvalue weighted by Gasteiger charge is 2.17. The maximum Gasteiger partial charge on any atom is 0.325 e. The van der Waals surface area contributed by atoms with Crippen LogP contribution < -0.4 is 10.1 Å². The molecule has 2 aromatic rings. The number of esters is 1. The first-order valence-corrected chi connectivity index (χ1v) is 8.73. The highest BCUT2D eigenvalue weighted by atomic mass is 32.2. The van der Waals surface area contributed by atoms with Gasteiger partial charge in [0.1, 0.15) is 12.3 Å². The van der Waals surface area contributed by atoms with Gasteiger partial charge in [-0.1, -0.05) is 30.0 Å². The molecule has 0 saturated heterocycles. The van der Waals surface area contributed by atoms with Crippen LogP contribution in [0, 0.1) is 0 Å². The topological polar surface area (TPSA) is 95.3 Å². The molecule has 1 aromatic carbocycles. The van der Waals surface area contributed by atoms with Crippen molar-refractivity contribution in [3.05, 3.63) is 36.9 Å². The molecule has 1 amide bonds. The number of amides is 1. The molecule has 0 aliphatic heterocycles. The molecule has 26 heavy (non-hydrogen) atoms. The standard InChI is InChI=1S/C17H20N4O4S/c1-4-9-21-16(12-7-5-6-8-13(12)24-2)19-20-17(21)26-11-14(22)18-10-15(23)25-3/h4-8H,1,9-11H2,2-3H3,(H,18,22). The van der Waals surface area contributed by atoms with E-state index in [0.29, 0.717) is 23.3 Å². The van der Waals surface area contributed by atoms with Gasteiger partial charge < -0.3 is 14.8 Å². The first-order chi connectivity index (χ1) is 12.6. The van der Waals surface area contributed by atoms with E-state index in [2.05, 4.69) is 26.8 Å². The molecule has 1 N–H and O–H groups in total. The van der Waals surface area contributed by atoms with Crippen molar-refractivity contribution in [1.82, 2.24) is 20.1 Å². The lowest BCUT2D eigenvalue weighted by molar-refractivity contribution is -0.140. The molecule has 0 atom stereocenters. The van der Waals surface area contributed by atoms with Crippen LogP contribution in [0.3, 0.4) is 0 Å². The summed E-state index contributed by atoms with van der Waals surface area (Å²) in [5, 5.41) is 11.5. The number of benzene rings is 1. The van der Waals surface area contributed by atoms with Gasteiger partial charge in [0.25, 0.3) is 0 Å². The third kappa shape index (κ3) is 4.85. The van der Waals surface area contributed by atoms with Gasteiger partial charge in [0.2, 0.25) is 5.91 Å². The van der Waals surface area contributed by atoms with Gasteiger partial charge in [-0.15, -0.1) is 16.8 Å². The summed E-state index contributed by atoms with van der Waals surface area (Å²) in [6.07, 6.45) is 1.73. The number of carbonyl (C=O) groups is 2. The lowest BCUT2D eigenvalue weighted by Gasteiger charge is -2.10. The van der Waals surface area contributed by atoms with Crippen molar-refractivity contribution in [1.29, 1.82) is 0 Å². The Kier molecular flexibility index (Phi) is 7.22. The van der Waals surface area contributed by atoms with Crippen molar-refractivity contribution in [2.45, 2.75) is 11.7 Å². The summed E-state index contributed by atoms with van der Waals surface area (Å²) in [7, 11) is 2.86. The van der Waals surface area contributed by atoms with Crippen LogP contribution in [-0.2, 0) is 20.9 Å². The molecular formula is C17H20N4O4S. The van der Waals surface area contributed by atoms with E-state index >= 15 is 0 Å². The summed E-state index contributed by atoms with van der Waals surface area (Å²) in [4.78, 5) is 22.9. The Morgan fingerprint density at radius 2 is 2.08 bits per heavy atom. The zero-order chi connectivity index (χ0) is 18.9. The highest BCUT2D eigenvalue weighted by molar-refractivity contribution is 7.99. The summed E-state index contributed by atoms with van der Waals surface area (Å²) in [5.74, 6) is 0.597. The van der Waals surface area contributed by atoms with E-state index in [4.69, 9.17) is 4.74 Å². The monoisotopic (exact) mass is 376 g/mol. The van der Waals surface area contributed by atoms with E-state index in [1.54, 1.807) is 13.2 Å². The number of ether oxygens (including phenoxy) is 2. The number of thioether (sulfide) groups is 1. The molecule has 0 aliphatic carbocycles. The van der Waals surface area contributed by atoms with Gasteiger partial charge in [0.05, 0.1) is 25.5 Å². The van der Waals surface area contributed by atoms with Crippen molar-refractivity contribution >= 4 is 23.6 Å². The minimum absolute atomic E-state index is 0.0954. The van der Waals surface area contributed by atoms with Crippen LogP contribution in [0.1, 0.15) is 0 Å². The fourth-order valence-electron chi connectivity index (χ4n) is 2.14. The van der Waals surface area contributed by atoms with Gasteiger partial charge in [-0.3, -0.25) is 14.2 Å². The van der Waals surface area contributed by atoms with E-state index in [9.17, 15) is 9.59 Å². The van der Waals surface area contributed by atoms with E-state index in [1.165, 1.54) is 18.9 Å². The van der Waals surface area contributed by atoms with E-state index in [-0.39, 0.29) is 18.2 Å². The zero-order valence-corrected chi connectivity index (χ0v) is 15.4. The molecule has 8 nitrogen and oxygen atoms in total. The average Bonchev–Trinajstić information content (AvgIpc) is 3.07. The molecule has 0 bridgehead atoms. The number of rotatable bonds is 9. The molecule has 0 unspecified atom stereocenters. The maximum atomic E-state index is 11.8. The summed E-state index contributed by atoms with van der Waals surface area (Å²) in [6, 6.07) is 7.49. The highest BCUT2D eigenvalue weighted by Crippen LogP contribution is 2.30. The van der Waals surface area contributed by atoms with Crippen LogP contribution in [-0.4, -0.2) is 53.2 Å². The van der Waals surface area contributed by atoms with Crippen molar-refractivity contribution < 1.29 is 19.1 Å². The minimum Gasteiger partial charge on any atom is -0.496 e.